The van der Waals surface area contributed by atoms with Crippen molar-refractivity contribution in [2.24, 2.45) is 0 Å². The number of Topliss-reactive ketones (excluding diaryl/α,β-unsaturated/α-hetero) is 1. The van der Waals surface area contributed by atoms with Gasteiger partial charge in [-0.1, -0.05) is 24.3 Å². The van der Waals surface area contributed by atoms with E-state index in [1.54, 1.807) is 30.1 Å². The fourth-order valence-corrected chi connectivity index (χ4v) is 3.95. The van der Waals surface area contributed by atoms with E-state index >= 15 is 0 Å². The van der Waals surface area contributed by atoms with Gasteiger partial charge in [-0.2, -0.15) is 0 Å². The zero-order valence-electron chi connectivity index (χ0n) is 18.4. The van der Waals surface area contributed by atoms with E-state index in [4.69, 9.17) is 14.8 Å². The zero-order chi connectivity index (χ0) is 23.0. The van der Waals surface area contributed by atoms with E-state index < -0.39 is 5.41 Å². The lowest BCUT2D eigenvalue weighted by Crippen LogP contribution is -2.35. The summed E-state index contributed by atoms with van der Waals surface area (Å²) >= 11 is 0. The lowest BCUT2D eigenvalue weighted by molar-refractivity contribution is -0.123. The van der Waals surface area contributed by atoms with Gasteiger partial charge in [0, 0.05) is 30.1 Å². The van der Waals surface area contributed by atoms with Gasteiger partial charge < -0.3 is 10.1 Å². The molecule has 0 atom stereocenters. The van der Waals surface area contributed by atoms with Gasteiger partial charge in [0.25, 0.3) is 0 Å². The molecule has 1 saturated carbocycles. The average molecular weight is 441 g/mol. The molecule has 166 valence electrons. The highest BCUT2D eigenvalue weighted by molar-refractivity contribution is 5.95. The summed E-state index contributed by atoms with van der Waals surface area (Å²) in [6.07, 6.45) is 4.79. The predicted octanol–water partition coefficient (Wildman–Crippen LogP) is 3.35. The van der Waals surface area contributed by atoms with Gasteiger partial charge in [0.1, 0.15) is 5.41 Å². The van der Waals surface area contributed by atoms with Crippen molar-refractivity contribution in [3.8, 4) is 17.0 Å². The summed E-state index contributed by atoms with van der Waals surface area (Å²) in [5.41, 5.74) is 2.92. The first-order chi connectivity index (χ1) is 16.0. The molecule has 8 heteroatoms. The van der Waals surface area contributed by atoms with Gasteiger partial charge in [-0.15, -0.1) is 5.10 Å². The van der Waals surface area contributed by atoms with Gasteiger partial charge in [-0.3, -0.25) is 14.6 Å². The number of pyridine rings is 2. The maximum atomic E-state index is 13.1. The molecule has 0 radical (unpaired) electrons. The number of methoxy groups -OCH3 is 1. The van der Waals surface area contributed by atoms with E-state index in [0.29, 0.717) is 42.2 Å². The molecular weight excluding hydrogens is 418 g/mol. The van der Waals surface area contributed by atoms with Gasteiger partial charge in [-0.25, -0.2) is 9.50 Å². The lowest BCUT2D eigenvalue weighted by atomic mass is 10.1. The number of aromatic nitrogens is 4. The fraction of sp³-hybridized carbons (Fsp3) is 0.240. The molecule has 1 aliphatic carbocycles. The van der Waals surface area contributed by atoms with Crippen molar-refractivity contribution in [1.29, 1.82) is 0 Å². The van der Waals surface area contributed by atoms with Crippen LogP contribution in [0.4, 0.5) is 0 Å². The molecule has 1 amide bonds. The molecule has 0 unspecified atom stereocenters. The maximum absolute atomic E-state index is 13.1. The molecule has 5 rings (SSSR count). The minimum atomic E-state index is -0.752. The number of amides is 1. The van der Waals surface area contributed by atoms with E-state index in [0.717, 1.165) is 16.8 Å². The van der Waals surface area contributed by atoms with Gasteiger partial charge in [0.15, 0.2) is 23.0 Å². The molecule has 1 aliphatic rings. The highest BCUT2D eigenvalue weighted by Gasteiger charge is 2.54. The Morgan fingerprint density at radius 2 is 2.00 bits per heavy atom. The number of nitrogens with one attached hydrogen (secondary N) is 1. The number of fused-ring (bicyclic) bond motifs is 1. The molecule has 8 nitrogen and oxygen atoms in total. The number of carbonyl (C=O) groups excluding carboxylic acids is 2. The highest BCUT2D eigenvalue weighted by Crippen LogP contribution is 2.47. The molecule has 0 spiro atoms. The van der Waals surface area contributed by atoms with Crippen LogP contribution in [0.1, 0.15) is 41.5 Å². The Bertz CT molecular complexity index is 1360. The van der Waals surface area contributed by atoms with Crippen LogP contribution in [0.5, 0.6) is 5.75 Å². The number of ether oxygens (including phenoxy) is 1. The van der Waals surface area contributed by atoms with E-state index in [9.17, 15) is 9.59 Å². The molecular formula is C25H23N5O3. The molecule has 0 aliphatic heterocycles. The van der Waals surface area contributed by atoms with Crippen LogP contribution in [0.25, 0.3) is 16.9 Å². The molecule has 1 N–H and O–H groups in total. The van der Waals surface area contributed by atoms with Gasteiger partial charge in [-0.05, 0) is 49.6 Å². The highest BCUT2D eigenvalue weighted by atomic mass is 16.5. The number of hydrogen-bond acceptors (Lipinski definition) is 6. The van der Waals surface area contributed by atoms with Gasteiger partial charge >= 0.3 is 0 Å². The van der Waals surface area contributed by atoms with E-state index in [1.807, 2.05) is 42.5 Å². The number of hydrogen-bond donors (Lipinski definition) is 1. The second-order valence-corrected chi connectivity index (χ2v) is 8.22. The molecule has 3 heterocycles. The van der Waals surface area contributed by atoms with Crippen molar-refractivity contribution in [1.82, 2.24) is 24.9 Å². The molecule has 0 saturated heterocycles. The number of ketones is 1. The van der Waals surface area contributed by atoms with Crippen molar-refractivity contribution in [3.05, 3.63) is 77.9 Å². The minimum Gasteiger partial charge on any atom is -0.493 e. The lowest BCUT2D eigenvalue weighted by Gasteiger charge is -2.12. The topological polar surface area (TPSA) is 98.5 Å². The van der Waals surface area contributed by atoms with Crippen molar-refractivity contribution in [2.45, 2.75) is 31.7 Å². The fourth-order valence-electron chi connectivity index (χ4n) is 3.95. The number of nitrogens with zero attached hydrogens (tertiary/aromatic N) is 4. The van der Waals surface area contributed by atoms with Crippen LogP contribution in [-0.4, -0.2) is 38.4 Å². The second kappa shape index (κ2) is 8.12. The summed E-state index contributed by atoms with van der Waals surface area (Å²) in [5.74, 6) is 0.927. The standard InChI is InChI=1S/C25H23N5O3/c1-16(31)18-6-3-7-19(13-18)20-8-9-21(33-2)22-28-23(29-30(20)22)25(10-11-25)24(32)27-15-17-5-4-12-26-14-17/h3-9,12-14H,10-11,15H2,1-2H3,(H,27,32). The quantitative estimate of drug-likeness (QED) is 0.442. The largest absolute Gasteiger partial charge is 0.493 e. The number of carbonyl (C=O) groups is 2. The third-order valence-corrected chi connectivity index (χ3v) is 6.02. The van der Waals surface area contributed by atoms with Crippen molar-refractivity contribution in [3.63, 3.8) is 0 Å². The third-order valence-electron chi connectivity index (χ3n) is 6.02. The Kier molecular flexibility index (Phi) is 5.12. The Balaban J connectivity index is 1.52. The van der Waals surface area contributed by atoms with Crippen molar-refractivity contribution >= 4 is 17.3 Å². The van der Waals surface area contributed by atoms with Crippen molar-refractivity contribution < 1.29 is 14.3 Å². The monoisotopic (exact) mass is 441 g/mol. The summed E-state index contributed by atoms with van der Waals surface area (Å²) in [4.78, 5) is 33.8. The van der Waals surface area contributed by atoms with Crippen LogP contribution >= 0.6 is 0 Å². The van der Waals surface area contributed by atoms with Crippen molar-refractivity contribution in [2.75, 3.05) is 7.11 Å². The first kappa shape index (κ1) is 20.8. The normalized spacial score (nSPS) is 14.1. The molecule has 1 aromatic carbocycles. The van der Waals surface area contributed by atoms with Crippen LogP contribution < -0.4 is 10.1 Å². The van der Waals surface area contributed by atoms with Gasteiger partial charge in [0.05, 0.1) is 12.8 Å². The molecule has 3 aromatic heterocycles. The Morgan fingerprint density at radius 1 is 1.15 bits per heavy atom. The SMILES string of the molecule is COc1ccc(-c2cccc(C(C)=O)c2)n2nc(C3(C(=O)NCc4cccnc4)CC3)nc12. The molecule has 4 aromatic rings. The predicted molar refractivity (Wildman–Crippen MR) is 122 cm³/mol. The summed E-state index contributed by atoms with van der Waals surface area (Å²) in [6, 6.07) is 14.8. The number of rotatable bonds is 7. The zero-order valence-corrected chi connectivity index (χ0v) is 18.4. The van der Waals surface area contributed by atoms with Crippen LogP contribution in [0.3, 0.4) is 0 Å². The molecule has 0 bridgehead atoms. The minimum absolute atomic E-state index is 0.0110. The van der Waals surface area contributed by atoms with Crippen LogP contribution in [-0.2, 0) is 16.8 Å². The van der Waals surface area contributed by atoms with Crippen LogP contribution in [0, 0.1) is 0 Å². The molecule has 33 heavy (non-hydrogen) atoms. The summed E-state index contributed by atoms with van der Waals surface area (Å²) < 4.78 is 7.20. The summed E-state index contributed by atoms with van der Waals surface area (Å²) in [5, 5.41) is 7.75. The Morgan fingerprint density at radius 3 is 2.70 bits per heavy atom. The first-order valence-corrected chi connectivity index (χ1v) is 10.7. The molecule has 1 fully saturated rings. The van der Waals surface area contributed by atoms with Crippen LogP contribution in [0.2, 0.25) is 0 Å². The Hall–Kier alpha value is -4.07. The van der Waals surface area contributed by atoms with E-state index in [2.05, 4.69) is 10.3 Å². The third kappa shape index (κ3) is 3.73. The summed E-state index contributed by atoms with van der Waals surface area (Å²) in [6.45, 7) is 1.94. The van der Waals surface area contributed by atoms with Gasteiger partial charge in [0.2, 0.25) is 5.91 Å². The van der Waals surface area contributed by atoms with E-state index in [1.165, 1.54) is 6.92 Å². The van der Waals surface area contributed by atoms with Crippen LogP contribution in [0.15, 0.2) is 60.9 Å². The summed E-state index contributed by atoms with van der Waals surface area (Å²) in [7, 11) is 1.58. The second-order valence-electron chi connectivity index (χ2n) is 8.22. The first-order valence-electron chi connectivity index (χ1n) is 10.7. The smallest absolute Gasteiger partial charge is 0.234 e. The number of benzene rings is 1. The average Bonchev–Trinajstić information content (AvgIpc) is 3.54. The van der Waals surface area contributed by atoms with E-state index in [-0.39, 0.29) is 11.7 Å². The Labute approximate surface area is 190 Å². The maximum Gasteiger partial charge on any atom is 0.234 e.